The maximum Gasteiger partial charge on any atom is 0.300 e. The summed E-state index contributed by atoms with van der Waals surface area (Å²) in [7, 11) is 0. The highest BCUT2D eigenvalue weighted by Crippen LogP contribution is 2.24. The molecule has 0 radical (unpaired) electrons. The standard InChI is InChI=1S/C13H10BrN3O/c14-8-1-4-10(5-2-8)18-13-16-11-6-3-9(15)7-12(11)17-13/h1-7H,15H2,(H,16,17). The van der Waals surface area contributed by atoms with Crippen molar-refractivity contribution in [1.82, 2.24) is 9.97 Å². The second-order valence-electron chi connectivity index (χ2n) is 3.87. The molecule has 0 atom stereocenters. The topological polar surface area (TPSA) is 63.9 Å². The van der Waals surface area contributed by atoms with E-state index in [0.717, 1.165) is 21.3 Å². The third-order valence-corrected chi connectivity index (χ3v) is 3.04. The van der Waals surface area contributed by atoms with E-state index in [1.54, 1.807) is 0 Å². The van der Waals surface area contributed by atoms with Gasteiger partial charge in [-0.3, -0.25) is 0 Å². The number of hydrogen-bond donors (Lipinski definition) is 2. The number of nitrogens with one attached hydrogen (secondary N) is 1. The summed E-state index contributed by atoms with van der Waals surface area (Å²) in [6.07, 6.45) is 0. The van der Waals surface area contributed by atoms with Crippen LogP contribution in [0.5, 0.6) is 11.8 Å². The summed E-state index contributed by atoms with van der Waals surface area (Å²) in [4.78, 5) is 7.40. The molecule has 90 valence electrons. The largest absolute Gasteiger partial charge is 0.426 e. The number of rotatable bonds is 2. The number of imidazole rings is 1. The second-order valence-corrected chi connectivity index (χ2v) is 4.79. The minimum Gasteiger partial charge on any atom is -0.426 e. The monoisotopic (exact) mass is 303 g/mol. The molecule has 0 fully saturated rings. The summed E-state index contributed by atoms with van der Waals surface area (Å²) in [5.41, 5.74) is 8.10. The Balaban J connectivity index is 1.92. The van der Waals surface area contributed by atoms with Gasteiger partial charge in [-0.2, -0.15) is 4.98 Å². The van der Waals surface area contributed by atoms with Gasteiger partial charge in [-0.25, -0.2) is 0 Å². The summed E-state index contributed by atoms with van der Waals surface area (Å²) in [5, 5.41) is 0. The first-order chi connectivity index (χ1) is 8.70. The Hall–Kier alpha value is -2.01. The fraction of sp³-hybridized carbons (Fsp3) is 0. The average Bonchev–Trinajstić information content (AvgIpc) is 2.73. The number of nitrogens with two attached hydrogens (primary N) is 1. The van der Waals surface area contributed by atoms with Gasteiger partial charge >= 0.3 is 0 Å². The SMILES string of the molecule is Nc1ccc2nc(Oc3ccc(Br)cc3)[nH]c2c1. The zero-order valence-electron chi connectivity index (χ0n) is 9.35. The van der Waals surface area contributed by atoms with Gasteiger partial charge < -0.3 is 15.5 Å². The first-order valence-corrected chi connectivity index (χ1v) is 6.19. The van der Waals surface area contributed by atoms with Crippen molar-refractivity contribution in [2.75, 3.05) is 5.73 Å². The third-order valence-electron chi connectivity index (χ3n) is 2.51. The van der Waals surface area contributed by atoms with Gasteiger partial charge in [0.2, 0.25) is 0 Å². The molecule has 3 rings (SSSR count). The number of ether oxygens (including phenoxy) is 1. The number of halogens is 1. The highest BCUT2D eigenvalue weighted by atomic mass is 79.9. The van der Waals surface area contributed by atoms with Gasteiger partial charge in [-0.1, -0.05) is 15.9 Å². The molecule has 2 aromatic carbocycles. The molecule has 0 amide bonds. The van der Waals surface area contributed by atoms with Gasteiger partial charge in [0.05, 0.1) is 11.0 Å². The smallest absolute Gasteiger partial charge is 0.300 e. The number of benzene rings is 2. The molecule has 0 spiro atoms. The molecule has 18 heavy (non-hydrogen) atoms. The van der Waals surface area contributed by atoms with E-state index in [1.807, 2.05) is 42.5 Å². The van der Waals surface area contributed by atoms with Crippen molar-refractivity contribution in [3.05, 3.63) is 46.9 Å². The van der Waals surface area contributed by atoms with Crippen molar-refractivity contribution in [1.29, 1.82) is 0 Å². The van der Waals surface area contributed by atoms with E-state index in [2.05, 4.69) is 25.9 Å². The van der Waals surface area contributed by atoms with E-state index < -0.39 is 0 Å². The van der Waals surface area contributed by atoms with Gasteiger partial charge in [-0.15, -0.1) is 0 Å². The lowest BCUT2D eigenvalue weighted by Crippen LogP contribution is -1.85. The van der Waals surface area contributed by atoms with E-state index in [-0.39, 0.29) is 0 Å². The molecular formula is C13H10BrN3O. The first kappa shape index (κ1) is 11.1. The number of anilines is 1. The molecule has 3 N–H and O–H groups in total. The molecule has 1 aromatic heterocycles. The molecule has 0 aliphatic carbocycles. The minimum atomic E-state index is 0.456. The summed E-state index contributed by atoms with van der Waals surface area (Å²) in [6.45, 7) is 0. The van der Waals surface area contributed by atoms with E-state index in [4.69, 9.17) is 10.5 Å². The Morgan fingerprint density at radius 1 is 1.11 bits per heavy atom. The summed E-state index contributed by atoms with van der Waals surface area (Å²) in [5.74, 6) is 0.727. The molecule has 0 saturated carbocycles. The lowest BCUT2D eigenvalue weighted by molar-refractivity contribution is 0.449. The summed E-state index contributed by atoms with van der Waals surface area (Å²) >= 11 is 3.37. The highest BCUT2D eigenvalue weighted by molar-refractivity contribution is 9.10. The van der Waals surface area contributed by atoms with Crippen LogP contribution in [-0.2, 0) is 0 Å². The van der Waals surface area contributed by atoms with Crippen LogP contribution >= 0.6 is 15.9 Å². The van der Waals surface area contributed by atoms with Gasteiger partial charge in [0.25, 0.3) is 6.01 Å². The van der Waals surface area contributed by atoms with Crippen LogP contribution in [0.25, 0.3) is 11.0 Å². The molecule has 5 heteroatoms. The number of nitrogen functional groups attached to an aromatic ring is 1. The fourth-order valence-electron chi connectivity index (χ4n) is 1.67. The van der Waals surface area contributed by atoms with Gasteiger partial charge in [-0.05, 0) is 42.5 Å². The van der Waals surface area contributed by atoms with E-state index in [0.29, 0.717) is 11.7 Å². The maximum absolute atomic E-state index is 5.71. The zero-order chi connectivity index (χ0) is 12.5. The van der Waals surface area contributed by atoms with Crippen molar-refractivity contribution in [2.24, 2.45) is 0 Å². The zero-order valence-corrected chi connectivity index (χ0v) is 10.9. The van der Waals surface area contributed by atoms with Crippen LogP contribution in [0.2, 0.25) is 0 Å². The number of nitrogens with zero attached hydrogens (tertiary/aromatic N) is 1. The predicted octanol–water partition coefficient (Wildman–Crippen LogP) is 3.70. The van der Waals surface area contributed by atoms with Crippen molar-refractivity contribution >= 4 is 32.7 Å². The van der Waals surface area contributed by atoms with Crippen LogP contribution in [-0.4, -0.2) is 9.97 Å². The first-order valence-electron chi connectivity index (χ1n) is 5.39. The fourth-order valence-corrected chi connectivity index (χ4v) is 1.93. The molecule has 0 saturated heterocycles. The van der Waals surface area contributed by atoms with Crippen LogP contribution in [0.1, 0.15) is 0 Å². The van der Waals surface area contributed by atoms with Crippen LogP contribution in [0.15, 0.2) is 46.9 Å². The van der Waals surface area contributed by atoms with Crippen molar-refractivity contribution in [2.45, 2.75) is 0 Å². The molecule has 0 bridgehead atoms. The van der Waals surface area contributed by atoms with E-state index >= 15 is 0 Å². The number of aromatic amines is 1. The predicted molar refractivity (Wildman–Crippen MR) is 74.7 cm³/mol. The molecule has 3 aromatic rings. The van der Waals surface area contributed by atoms with Crippen molar-refractivity contribution in [3.63, 3.8) is 0 Å². The number of hydrogen-bond acceptors (Lipinski definition) is 3. The van der Waals surface area contributed by atoms with Crippen LogP contribution in [0.3, 0.4) is 0 Å². The van der Waals surface area contributed by atoms with E-state index in [9.17, 15) is 0 Å². The Labute approximate surface area is 112 Å². The van der Waals surface area contributed by atoms with E-state index in [1.165, 1.54) is 0 Å². The molecule has 4 nitrogen and oxygen atoms in total. The van der Waals surface area contributed by atoms with Crippen LogP contribution in [0.4, 0.5) is 5.69 Å². The number of H-pyrrole nitrogens is 1. The lowest BCUT2D eigenvalue weighted by atomic mass is 10.3. The molecule has 0 aliphatic heterocycles. The third kappa shape index (κ3) is 2.17. The number of fused-ring (bicyclic) bond motifs is 1. The molecule has 0 aliphatic rings. The molecule has 1 heterocycles. The Morgan fingerprint density at radius 2 is 1.89 bits per heavy atom. The Bertz CT molecular complexity index is 691. The quantitative estimate of drug-likeness (QED) is 0.710. The number of aromatic nitrogens is 2. The van der Waals surface area contributed by atoms with Crippen molar-refractivity contribution < 1.29 is 4.74 Å². The minimum absolute atomic E-state index is 0.456. The summed E-state index contributed by atoms with van der Waals surface area (Å²) in [6, 6.07) is 13.5. The van der Waals surface area contributed by atoms with Gasteiger partial charge in [0, 0.05) is 10.2 Å². The highest BCUT2D eigenvalue weighted by Gasteiger charge is 2.05. The second kappa shape index (κ2) is 4.34. The van der Waals surface area contributed by atoms with Gasteiger partial charge in [0.1, 0.15) is 5.75 Å². The lowest BCUT2D eigenvalue weighted by Gasteiger charge is -2.00. The Kier molecular flexibility index (Phi) is 2.68. The molecule has 0 unspecified atom stereocenters. The Morgan fingerprint density at radius 3 is 2.67 bits per heavy atom. The maximum atomic E-state index is 5.71. The van der Waals surface area contributed by atoms with Gasteiger partial charge in [0.15, 0.2) is 0 Å². The summed E-state index contributed by atoms with van der Waals surface area (Å²) < 4.78 is 6.64. The van der Waals surface area contributed by atoms with Crippen LogP contribution in [0, 0.1) is 0 Å². The molecular weight excluding hydrogens is 294 g/mol. The van der Waals surface area contributed by atoms with Crippen molar-refractivity contribution in [3.8, 4) is 11.8 Å². The average molecular weight is 304 g/mol. The normalized spacial score (nSPS) is 10.7. The van der Waals surface area contributed by atoms with Crippen LogP contribution < -0.4 is 10.5 Å².